The fraction of sp³-hybridized carbons (Fsp3) is 0.0870. The van der Waals surface area contributed by atoms with Crippen LogP contribution in [-0.2, 0) is 4.74 Å². The van der Waals surface area contributed by atoms with Crippen molar-refractivity contribution in [2.45, 2.75) is 6.10 Å². The SMILES string of the molecule is C(#Cc1ccccc1)c1ccccc1.O=C1NC[C@H](c2ccccc2F)O1. The van der Waals surface area contributed by atoms with E-state index in [1.807, 2.05) is 60.7 Å². The molecular weight excluding hydrogens is 341 g/mol. The van der Waals surface area contributed by atoms with Crippen molar-refractivity contribution in [3.63, 3.8) is 0 Å². The molecule has 0 aromatic heterocycles. The molecule has 1 fully saturated rings. The largest absolute Gasteiger partial charge is 0.439 e. The van der Waals surface area contributed by atoms with Gasteiger partial charge in [-0.05, 0) is 30.3 Å². The Labute approximate surface area is 157 Å². The summed E-state index contributed by atoms with van der Waals surface area (Å²) < 4.78 is 18.0. The molecule has 0 spiro atoms. The topological polar surface area (TPSA) is 38.3 Å². The third kappa shape index (κ3) is 5.45. The van der Waals surface area contributed by atoms with E-state index in [2.05, 4.69) is 17.2 Å². The molecule has 1 saturated heterocycles. The number of rotatable bonds is 1. The second kappa shape index (κ2) is 9.21. The maximum atomic E-state index is 13.1. The van der Waals surface area contributed by atoms with Crippen LogP contribution in [0.2, 0.25) is 0 Å². The highest BCUT2D eigenvalue weighted by Gasteiger charge is 2.25. The van der Waals surface area contributed by atoms with Crippen LogP contribution >= 0.6 is 0 Å². The number of nitrogens with one attached hydrogen (secondary N) is 1. The summed E-state index contributed by atoms with van der Waals surface area (Å²) in [5.74, 6) is 5.88. The molecule has 27 heavy (non-hydrogen) atoms. The van der Waals surface area contributed by atoms with Gasteiger partial charge in [0.05, 0.1) is 6.54 Å². The summed E-state index contributed by atoms with van der Waals surface area (Å²) in [6.07, 6.45) is -0.984. The molecule has 1 heterocycles. The van der Waals surface area contributed by atoms with Crippen LogP contribution in [0.4, 0.5) is 9.18 Å². The number of hydrogen-bond acceptors (Lipinski definition) is 2. The lowest BCUT2D eigenvalue weighted by Crippen LogP contribution is -2.12. The van der Waals surface area contributed by atoms with Crippen LogP contribution in [-0.4, -0.2) is 12.6 Å². The van der Waals surface area contributed by atoms with Gasteiger partial charge in [0.15, 0.2) is 0 Å². The number of alkyl carbamates (subject to hydrolysis) is 1. The predicted molar refractivity (Wildman–Crippen MR) is 102 cm³/mol. The molecule has 3 nitrogen and oxygen atoms in total. The van der Waals surface area contributed by atoms with Crippen LogP contribution in [0.25, 0.3) is 0 Å². The summed E-state index contributed by atoms with van der Waals surface area (Å²) in [4.78, 5) is 10.7. The van der Waals surface area contributed by atoms with Crippen molar-refractivity contribution in [1.82, 2.24) is 5.32 Å². The number of cyclic esters (lactones) is 1. The molecule has 0 radical (unpaired) electrons. The minimum absolute atomic E-state index is 0.333. The lowest BCUT2D eigenvalue weighted by molar-refractivity contribution is 0.139. The van der Waals surface area contributed by atoms with Crippen molar-refractivity contribution in [3.05, 3.63) is 107 Å². The first-order valence-electron chi connectivity index (χ1n) is 8.53. The van der Waals surface area contributed by atoms with Crippen molar-refractivity contribution in [3.8, 4) is 11.8 Å². The zero-order valence-corrected chi connectivity index (χ0v) is 14.6. The summed E-state index contributed by atoms with van der Waals surface area (Å²) >= 11 is 0. The summed E-state index contributed by atoms with van der Waals surface area (Å²) in [7, 11) is 0. The lowest BCUT2D eigenvalue weighted by atomic mass is 10.1. The number of benzene rings is 3. The number of amides is 1. The average molecular weight is 359 g/mol. The van der Waals surface area contributed by atoms with Crippen LogP contribution in [0.3, 0.4) is 0 Å². The monoisotopic (exact) mass is 359 g/mol. The first-order chi connectivity index (χ1) is 13.2. The van der Waals surface area contributed by atoms with Crippen molar-refractivity contribution < 1.29 is 13.9 Å². The third-order valence-corrected chi connectivity index (χ3v) is 3.83. The van der Waals surface area contributed by atoms with E-state index in [1.54, 1.807) is 18.2 Å². The third-order valence-electron chi connectivity index (χ3n) is 3.83. The second-order valence-corrected chi connectivity index (χ2v) is 5.78. The fourth-order valence-electron chi connectivity index (χ4n) is 2.49. The van der Waals surface area contributed by atoms with Gasteiger partial charge in [-0.25, -0.2) is 9.18 Å². The maximum absolute atomic E-state index is 13.1. The van der Waals surface area contributed by atoms with Crippen molar-refractivity contribution in [2.24, 2.45) is 0 Å². The van der Waals surface area contributed by atoms with Gasteiger partial charge in [-0.2, -0.15) is 0 Å². The van der Waals surface area contributed by atoms with E-state index in [1.165, 1.54) is 6.07 Å². The Bertz CT molecular complexity index is 903. The zero-order valence-electron chi connectivity index (χ0n) is 14.6. The smallest absolute Gasteiger partial charge is 0.407 e. The van der Waals surface area contributed by atoms with Crippen LogP contribution in [0, 0.1) is 17.7 Å². The van der Waals surface area contributed by atoms with E-state index in [9.17, 15) is 9.18 Å². The van der Waals surface area contributed by atoms with Gasteiger partial charge in [0.2, 0.25) is 0 Å². The Kier molecular flexibility index (Phi) is 6.21. The number of carbonyl (C=O) groups is 1. The van der Waals surface area contributed by atoms with E-state index in [-0.39, 0.29) is 5.82 Å². The number of carbonyl (C=O) groups excluding carboxylic acids is 1. The van der Waals surface area contributed by atoms with Gasteiger partial charge in [-0.15, -0.1) is 0 Å². The summed E-state index contributed by atoms with van der Waals surface area (Å²) in [5, 5.41) is 2.47. The second-order valence-electron chi connectivity index (χ2n) is 5.78. The summed E-state index contributed by atoms with van der Waals surface area (Å²) in [5.41, 5.74) is 2.52. The maximum Gasteiger partial charge on any atom is 0.407 e. The van der Waals surface area contributed by atoms with Crippen LogP contribution in [0.5, 0.6) is 0 Å². The Morgan fingerprint density at radius 3 is 1.81 bits per heavy atom. The van der Waals surface area contributed by atoms with Gasteiger partial charge in [-0.1, -0.05) is 66.4 Å². The molecule has 3 aromatic rings. The number of ether oxygens (including phenoxy) is 1. The molecule has 0 bridgehead atoms. The normalized spacial score (nSPS) is 14.7. The van der Waals surface area contributed by atoms with Gasteiger partial charge >= 0.3 is 6.09 Å². The van der Waals surface area contributed by atoms with E-state index in [0.29, 0.717) is 12.1 Å². The Hall–Kier alpha value is -3.58. The molecule has 1 aliphatic rings. The molecule has 4 heteroatoms. The van der Waals surface area contributed by atoms with E-state index in [4.69, 9.17) is 4.74 Å². The van der Waals surface area contributed by atoms with Crippen LogP contribution < -0.4 is 5.32 Å². The molecule has 0 saturated carbocycles. The molecule has 0 aliphatic carbocycles. The van der Waals surface area contributed by atoms with Crippen molar-refractivity contribution in [1.29, 1.82) is 0 Å². The number of hydrogen-bond donors (Lipinski definition) is 1. The Morgan fingerprint density at radius 2 is 1.33 bits per heavy atom. The highest BCUT2D eigenvalue weighted by molar-refractivity contribution is 5.69. The standard InChI is InChI=1S/C14H10.C9H8FNO2/c1-3-7-13(8-4-1)11-12-14-9-5-2-6-10-14;10-7-4-2-1-3-6(7)8-5-11-9(12)13-8/h1-10H;1-4,8H,5H2,(H,11,12)/t;8-/m.1/s1. The zero-order chi connectivity index (χ0) is 18.9. The number of halogens is 1. The summed E-state index contributed by atoms with van der Waals surface area (Å²) in [6.45, 7) is 0.333. The molecule has 4 rings (SSSR count). The molecular formula is C23H18FNO2. The fourth-order valence-corrected chi connectivity index (χ4v) is 2.49. The predicted octanol–water partition coefficient (Wildman–Crippen LogP) is 4.69. The van der Waals surface area contributed by atoms with Gasteiger partial charge in [0.25, 0.3) is 0 Å². The highest BCUT2D eigenvalue weighted by atomic mass is 19.1. The van der Waals surface area contributed by atoms with E-state index in [0.717, 1.165) is 11.1 Å². The van der Waals surface area contributed by atoms with E-state index >= 15 is 0 Å². The molecule has 3 aromatic carbocycles. The molecule has 0 unspecified atom stereocenters. The molecule has 1 atom stereocenters. The van der Waals surface area contributed by atoms with Crippen molar-refractivity contribution in [2.75, 3.05) is 6.54 Å². The molecule has 1 N–H and O–H groups in total. The molecule has 1 aliphatic heterocycles. The van der Waals surface area contributed by atoms with Crippen LogP contribution in [0.15, 0.2) is 84.9 Å². The summed E-state index contributed by atoms with van der Waals surface area (Å²) in [6, 6.07) is 26.3. The minimum atomic E-state index is -0.492. The Morgan fingerprint density at radius 1 is 0.815 bits per heavy atom. The first kappa shape index (κ1) is 18.2. The first-order valence-corrected chi connectivity index (χ1v) is 8.53. The molecule has 1 amide bonds. The molecule has 134 valence electrons. The van der Waals surface area contributed by atoms with Gasteiger partial charge in [0, 0.05) is 16.7 Å². The minimum Gasteiger partial charge on any atom is -0.439 e. The quantitative estimate of drug-likeness (QED) is 0.640. The average Bonchev–Trinajstić information content (AvgIpc) is 3.15. The highest BCUT2D eigenvalue weighted by Crippen LogP contribution is 2.22. The van der Waals surface area contributed by atoms with E-state index < -0.39 is 12.2 Å². The van der Waals surface area contributed by atoms with Gasteiger partial charge < -0.3 is 10.1 Å². The Balaban J connectivity index is 0.000000156. The van der Waals surface area contributed by atoms with Gasteiger partial charge in [0.1, 0.15) is 11.9 Å². The van der Waals surface area contributed by atoms with Crippen molar-refractivity contribution >= 4 is 6.09 Å². The van der Waals surface area contributed by atoms with Gasteiger partial charge in [-0.3, -0.25) is 0 Å². The van der Waals surface area contributed by atoms with Crippen LogP contribution in [0.1, 0.15) is 22.8 Å². The lowest BCUT2D eigenvalue weighted by Gasteiger charge is -2.07.